The first-order chi connectivity index (χ1) is 12.5. The first-order valence-electron chi connectivity index (χ1n) is 8.00. The minimum atomic E-state index is -1.11. The summed E-state index contributed by atoms with van der Waals surface area (Å²) in [6.07, 6.45) is 0. The Labute approximate surface area is 150 Å². The lowest BCUT2D eigenvalue weighted by Crippen LogP contribution is -2.60. The van der Waals surface area contributed by atoms with Crippen molar-refractivity contribution in [1.29, 1.82) is 5.26 Å². The van der Waals surface area contributed by atoms with Gasteiger partial charge in [-0.25, -0.2) is 14.6 Å². The second-order valence-electron chi connectivity index (χ2n) is 5.98. The number of aryl methyl sites for hydroxylation is 1. The Kier molecular flexibility index (Phi) is 4.71. The molecule has 26 heavy (non-hydrogen) atoms. The number of rotatable bonds is 4. The van der Waals surface area contributed by atoms with Crippen LogP contribution in [0, 0.1) is 18.3 Å². The summed E-state index contributed by atoms with van der Waals surface area (Å²) in [5.74, 6) is -0.671. The molecule has 0 unspecified atom stereocenters. The number of amides is 2. The zero-order valence-corrected chi connectivity index (χ0v) is 14.1. The molecule has 1 saturated heterocycles. The summed E-state index contributed by atoms with van der Waals surface area (Å²) in [5, 5.41) is 24.0. The molecular formula is C18H17N5O3. The van der Waals surface area contributed by atoms with Crippen molar-refractivity contribution in [3.63, 3.8) is 0 Å². The number of aromatic nitrogens is 1. The summed E-state index contributed by atoms with van der Waals surface area (Å²) in [6, 6.07) is 12.1. The first kappa shape index (κ1) is 17.2. The van der Waals surface area contributed by atoms with Gasteiger partial charge < -0.3 is 20.6 Å². The van der Waals surface area contributed by atoms with Crippen LogP contribution in [0.4, 0.5) is 16.3 Å². The zero-order chi connectivity index (χ0) is 18.7. The number of hydrogen-bond acceptors (Lipinski definition) is 5. The highest BCUT2D eigenvalue weighted by molar-refractivity contribution is 5.90. The monoisotopic (exact) mass is 351 g/mol. The van der Waals surface area contributed by atoms with Crippen molar-refractivity contribution in [1.82, 2.24) is 10.3 Å². The molecule has 1 fully saturated rings. The van der Waals surface area contributed by atoms with Crippen molar-refractivity contribution in [2.45, 2.75) is 13.0 Å². The second kappa shape index (κ2) is 7.11. The lowest BCUT2D eigenvalue weighted by atomic mass is 10.1. The number of pyridine rings is 1. The third-order valence-corrected chi connectivity index (χ3v) is 4.09. The van der Waals surface area contributed by atoms with Crippen LogP contribution < -0.4 is 15.5 Å². The topological polar surface area (TPSA) is 118 Å². The number of carboxylic acids is 1. The van der Waals surface area contributed by atoms with Crippen LogP contribution in [0.2, 0.25) is 0 Å². The predicted octanol–water partition coefficient (Wildman–Crippen LogP) is 1.97. The molecule has 1 aliphatic rings. The van der Waals surface area contributed by atoms with Gasteiger partial charge in [0.2, 0.25) is 0 Å². The van der Waals surface area contributed by atoms with Crippen LogP contribution >= 0.6 is 0 Å². The number of carbonyl (C=O) groups is 2. The van der Waals surface area contributed by atoms with Crippen LogP contribution in [-0.2, 0) is 0 Å². The normalized spacial score (nSPS) is 13.5. The molecule has 1 aromatic heterocycles. The van der Waals surface area contributed by atoms with Gasteiger partial charge in [-0.05, 0) is 25.1 Å². The van der Waals surface area contributed by atoms with E-state index in [1.54, 1.807) is 19.1 Å². The van der Waals surface area contributed by atoms with Gasteiger partial charge in [-0.3, -0.25) is 0 Å². The molecule has 0 atom stereocenters. The summed E-state index contributed by atoms with van der Waals surface area (Å²) in [6.45, 7) is 2.59. The molecule has 1 aromatic carbocycles. The molecule has 2 aromatic rings. The molecule has 3 rings (SSSR count). The molecule has 3 N–H and O–H groups in total. The van der Waals surface area contributed by atoms with E-state index in [2.05, 4.69) is 15.6 Å². The highest BCUT2D eigenvalue weighted by Gasteiger charge is 2.31. The van der Waals surface area contributed by atoms with Crippen LogP contribution in [0.3, 0.4) is 0 Å². The fraction of sp³-hybridized carbons (Fsp3) is 0.222. The maximum absolute atomic E-state index is 12.0. The van der Waals surface area contributed by atoms with E-state index in [-0.39, 0.29) is 23.2 Å². The predicted molar refractivity (Wildman–Crippen MR) is 95.2 cm³/mol. The van der Waals surface area contributed by atoms with E-state index in [0.29, 0.717) is 30.3 Å². The van der Waals surface area contributed by atoms with E-state index < -0.39 is 5.97 Å². The van der Waals surface area contributed by atoms with E-state index >= 15 is 0 Å². The molecule has 8 heteroatoms. The molecule has 0 aliphatic carbocycles. The number of carboxylic acid groups (broad SMARTS) is 1. The SMILES string of the molecule is Cc1nc(N2CC(NC(=O)Nc3ccccc3)C2)c(C#N)cc1C(=O)O. The van der Waals surface area contributed by atoms with Gasteiger partial charge in [0.05, 0.1) is 22.9 Å². The number of nitrogens with one attached hydrogen (secondary N) is 2. The van der Waals surface area contributed by atoms with Gasteiger partial charge in [-0.1, -0.05) is 18.2 Å². The lowest BCUT2D eigenvalue weighted by Gasteiger charge is -2.40. The van der Waals surface area contributed by atoms with Gasteiger partial charge in [0, 0.05) is 18.8 Å². The number of carbonyl (C=O) groups excluding carboxylic acids is 1. The molecule has 8 nitrogen and oxygen atoms in total. The van der Waals surface area contributed by atoms with Gasteiger partial charge in [0.1, 0.15) is 11.9 Å². The van der Waals surface area contributed by atoms with Crippen LogP contribution in [0.25, 0.3) is 0 Å². The molecular weight excluding hydrogens is 334 g/mol. The zero-order valence-electron chi connectivity index (χ0n) is 14.1. The van der Waals surface area contributed by atoms with Gasteiger partial charge in [0.25, 0.3) is 0 Å². The molecule has 0 spiro atoms. The van der Waals surface area contributed by atoms with Gasteiger partial charge >= 0.3 is 12.0 Å². The van der Waals surface area contributed by atoms with E-state index in [1.807, 2.05) is 29.2 Å². The standard InChI is InChI=1S/C18H17N5O3/c1-11-15(17(24)25)7-12(8-19)16(20-11)23-9-14(10-23)22-18(26)21-13-5-3-2-4-6-13/h2-7,14H,9-10H2,1H3,(H,24,25)(H2,21,22,26). The van der Waals surface area contributed by atoms with E-state index in [1.165, 1.54) is 6.07 Å². The Morgan fingerprint density at radius 2 is 2.00 bits per heavy atom. The third-order valence-electron chi connectivity index (χ3n) is 4.09. The maximum Gasteiger partial charge on any atom is 0.337 e. The number of anilines is 2. The number of nitriles is 1. The third kappa shape index (κ3) is 3.57. The molecule has 1 aliphatic heterocycles. The average Bonchev–Trinajstić information content (AvgIpc) is 2.58. The van der Waals surface area contributed by atoms with Crippen LogP contribution in [0.1, 0.15) is 21.6 Å². The summed E-state index contributed by atoms with van der Waals surface area (Å²) >= 11 is 0. The number of aromatic carboxylic acids is 1. The molecule has 0 bridgehead atoms. The van der Waals surface area contributed by atoms with E-state index in [4.69, 9.17) is 5.11 Å². The van der Waals surface area contributed by atoms with E-state index in [9.17, 15) is 14.9 Å². The minimum Gasteiger partial charge on any atom is -0.478 e. The van der Waals surface area contributed by atoms with E-state index in [0.717, 1.165) is 0 Å². The Morgan fingerprint density at radius 1 is 1.31 bits per heavy atom. The van der Waals surface area contributed by atoms with Crippen LogP contribution in [0.15, 0.2) is 36.4 Å². The summed E-state index contributed by atoms with van der Waals surface area (Å²) in [7, 11) is 0. The fourth-order valence-corrected chi connectivity index (χ4v) is 2.75. The maximum atomic E-state index is 12.0. The summed E-state index contributed by atoms with van der Waals surface area (Å²) in [4.78, 5) is 29.2. The van der Waals surface area contributed by atoms with Gasteiger partial charge in [-0.2, -0.15) is 5.26 Å². The van der Waals surface area contributed by atoms with Crippen LogP contribution in [-0.4, -0.2) is 41.2 Å². The van der Waals surface area contributed by atoms with Crippen molar-refractivity contribution in [2.75, 3.05) is 23.3 Å². The Hall–Kier alpha value is -3.60. The molecule has 0 radical (unpaired) electrons. The summed E-state index contributed by atoms with van der Waals surface area (Å²) < 4.78 is 0. The number of nitrogens with zero attached hydrogens (tertiary/aromatic N) is 3. The number of para-hydroxylation sites is 1. The largest absolute Gasteiger partial charge is 0.478 e. The van der Waals surface area contributed by atoms with Gasteiger partial charge in [-0.15, -0.1) is 0 Å². The summed E-state index contributed by atoms with van der Waals surface area (Å²) in [5.41, 5.74) is 1.28. The molecule has 0 saturated carbocycles. The quantitative estimate of drug-likeness (QED) is 0.775. The van der Waals surface area contributed by atoms with Crippen molar-refractivity contribution in [3.8, 4) is 6.07 Å². The van der Waals surface area contributed by atoms with Crippen molar-refractivity contribution >= 4 is 23.5 Å². The molecule has 2 amide bonds. The highest BCUT2D eigenvalue weighted by atomic mass is 16.4. The first-order valence-corrected chi connectivity index (χ1v) is 8.00. The average molecular weight is 351 g/mol. The van der Waals surface area contributed by atoms with Crippen LogP contribution in [0.5, 0.6) is 0 Å². The van der Waals surface area contributed by atoms with Crippen molar-refractivity contribution in [3.05, 3.63) is 53.2 Å². The van der Waals surface area contributed by atoms with Gasteiger partial charge in [0.15, 0.2) is 0 Å². The number of hydrogen-bond donors (Lipinski definition) is 3. The fourth-order valence-electron chi connectivity index (χ4n) is 2.75. The second-order valence-corrected chi connectivity index (χ2v) is 5.98. The number of urea groups is 1. The Morgan fingerprint density at radius 3 is 2.62 bits per heavy atom. The Bertz CT molecular complexity index is 886. The molecule has 2 heterocycles. The smallest absolute Gasteiger partial charge is 0.337 e. The van der Waals surface area contributed by atoms with Crippen molar-refractivity contribution < 1.29 is 14.7 Å². The van der Waals surface area contributed by atoms with Crippen molar-refractivity contribution in [2.24, 2.45) is 0 Å². The Balaban J connectivity index is 1.61. The molecule has 132 valence electrons. The number of benzene rings is 1. The lowest BCUT2D eigenvalue weighted by molar-refractivity contribution is 0.0695. The highest BCUT2D eigenvalue weighted by Crippen LogP contribution is 2.25. The minimum absolute atomic E-state index is 0.0164.